The molecule has 19 heavy (non-hydrogen) atoms. The fraction of sp³-hybridized carbons (Fsp3) is 0.385. The largest absolute Gasteiger partial charge is 0.217 e. The fourth-order valence-electron chi connectivity index (χ4n) is 2.00. The molecule has 0 atom stereocenters. The van der Waals surface area contributed by atoms with Crippen molar-refractivity contribution in [1.29, 1.82) is 0 Å². The van der Waals surface area contributed by atoms with E-state index in [9.17, 15) is 8.78 Å². The molecule has 0 fully saturated rings. The molecule has 1 aromatic heterocycles. The maximum atomic E-state index is 13.3. The number of aromatic nitrogens is 3. The normalized spacial score (nSPS) is 11.9. The van der Waals surface area contributed by atoms with Crippen LogP contribution in [-0.4, -0.2) is 15.0 Å². The first kappa shape index (κ1) is 13.9. The first-order chi connectivity index (χ1) is 8.82. The van der Waals surface area contributed by atoms with Crippen LogP contribution in [0, 0.1) is 11.6 Å². The van der Waals surface area contributed by atoms with Crippen LogP contribution in [0.3, 0.4) is 0 Å². The summed E-state index contributed by atoms with van der Waals surface area (Å²) in [5.41, 5.74) is 1.36. The van der Waals surface area contributed by atoms with E-state index in [0.717, 1.165) is 11.8 Å². The topological polar surface area (TPSA) is 30.7 Å². The van der Waals surface area contributed by atoms with Gasteiger partial charge in [-0.25, -0.2) is 13.5 Å². The molecule has 6 heteroatoms. The molecule has 0 saturated heterocycles. The molecule has 0 unspecified atom stereocenters. The van der Waals surface area contributed by atoms with E-state index >= 15 is 0 Å². The molecule has 0 saturated carbocycles. The van der Waals surface area contributed by atoms with Crippen molar-refractivity contribution in [2.45, 2.75) is 32.1 Å². The van der Waals surface area contributed by atoms with E-state index in [1.165, 1.54) is 16.8 Å². The summed E-state index contributed by atoms with van der Waals surface area (Å²) in [6, 6.07) is 3.25. The van der Waals surface area contributed by atoms with Gasteiger partial charge in [0.1, 0.15) is 17.3 Å². The maximum absolute atomic E-state index is 13.3. The van der Waals surface area contributed by atoms with Crippen LogP contribution in [0.2, 0.25) is 0 Å². The Kier molecular flexibility index (Phi) is 3.58. The van der Waals surface area contributed by atoms with E-state index in [2.05, 4.69) is 10.3 Å². The molecule has 0 aliphatic rings. The third-order valence-corrected chi connectivity index (χ3v) is 2.92. The van der Waals surface area contributed by atoms with E-state index in [1.54, 1.807) is 0 Å². The Labute approximate surface area is 115 Å². The minimum Gasteiger partial charge on any atom is -0.217 e. The molecule has 3 nitrogen and oxygen atoms in total. The molecule has 0 aliphatic heterocycles. The second-order valence-corrected chi connectivity index (χ2v) is 5.58. The van der Waals surface area contributed by atoms with Gasteiger partial charge >= 0.3 is 0 Å². The van der Waals surface area contributed by atoms with Gasteiger partial charge in [0.25, 0.3) is 0 Å². The van der Waals surface area contributed by atoms with Crippen molar-refractivity contribution in [1.82, 2.24) is 15.0 Å². The van der Waals surface area contributed by atoms with Crippen LogP contribution in [0.1, 0.15) is 32.2 Å². The Hall–Kier alpha value is -1.49. The van der Waals surface area contributed by atoms with Gasteiger partial charge in [-0.3, -0.25) is 0 Å². The predicted octanol–water partition coefficient (Wildman–Crippen LogP) is 3.58. The second-order valence-electron chi connectivity index (χ2n) is 5.31. The van der Waals surface area contributed by atoms with Crippen molar-refractivity contribution < 1.29 is 8.78 Å². The van der Waals surface area contributed by atoms with Gasteiger partial charge in [0.05, 0.1) is 17.3 Å². The van der Waals surface area contributed by atoms with Gasteiger partial charge in [0.15, 0.2) is 0 Å². The Bertz CT molecular complexity index is 582. The summed E-state index contributed by atoms with van der Waals surface area (Å²) in [5.74, 6) is -1.11. The standard InChI is InChI=1S/C13H14ClF2N3/c1-13(2,3)12-11(7-14)17-18-19(12)10-5-8(15)4-9(16)6-10/h4-6H,7H2,1-3H3. The highest BCUT2D eigenvalue weighted by Gasteiger charge is 2.25. The number of hydrogen-bond donors (Lipinski definition) is 0. The molecule has 102 valence electrons. The van der Waals surface area contributed by atoms with E-state index in [-0.39, 0.29) is 11.3 Å². The molecule has 2 aromatic rings. The molecule has 0 amide bonds. The van der Waals surface area contributed by atoms with Gasteiger partial charge < -0.3 is 0 Å². The summed E-state index contributed by atoms with van der Waals surface area (Å²) in [6.45, 7) is 5.90. The summed E-state index contributed by atoms with van der Waals surface area (Å²) in [6.07, 6.45) is 0. The molecule has 2 rings (SSSR count). The highest BCUT2D eigenvalue weighted by atomic mass is 35.5. The van der Waals surface area contributed by atoms with Gasteiger partial charge in [0.2, 0.25) is 0 Å². The average molecular weight is 286 g/mol. The highest BCUT2D eigenvalue weighted by molar-refractivity contribution is 6.17. The van der Waals surface area contributed by atoms with Gasteiger partial charge in [-0.05, 0) is 12.1 Å². The van der Waals surface area contributed by atoms with Crippen molar-refractivity contribution in [3.8, 4) is 5.69 Å². The zero-order valence-electron chi connectivity index (χ0n) is 10.9. The third-order valence-electron chi connectivity index (χ3n) is 2.67. The van der Waals surface area contributed by atoms with E-state index in [1.807, 2.05) is 20.8 Å². The van der Waals surface area contributed by atoms with Crippen LogP contribution in [0.15, 0.2) is 18.2 Å². The molecule has 1 heterocycles. The number of benzene rings is 1. The minimum atomic E-state index is -0.655. The van der Waals surface area contributed by atoms with E-state index in [0.29, 0.717) is 11.4 Å². The Morgan fingerprint density at radius 1 is 1.16 bits per heavy atom. The molecule has 0 N–H and O–H groups in total. The number of rotatable bonds is 2. The zero-order valence-corrected chi connectivity index (χ0v) is 11.7. The maximum Gasteiger partial charge on any atom is 0.128 e. The lowest BCUT2D eigenvalue weighted by atomic mass is 9.90. The van der Waals surface area contributed by atoms with Gasteiger partial charge in [0, 0.05) is 11.5 Å². The summed E-state index contributed by atoms with van der Waals surface area (Å²) in [5, 5.41) is 7.93. The quantitative estimate of drug-likeness (QED) is 0.790. The average Bonchev–Trinajstić information content (AvgIpc) is 2.70. The summed E-state index contributed by atoms with van der Waals surface area (Å²) in [4.78, 5) is 0. The fourth-order valence-corrected chi connectivity index (χ4v) is 2.18. The van der Waals surface area contributed by atoms with Crippen LogP contribution in [0.25, 0.3) is 5.69 Å². The van der Waals surface area contributed by atoms with Crippen molar-refractivity contribution in [2.75, 3.05) is 0 Å². The van der Waals surface area contributed by atoms with E-state index < -0.39 is 11.6 Å². The van der Waals surface area contributed by atoms with Gasteiger partial charge in [-0.1, -0.05) is 26.0 Å². The molecule has 1 aromatic carbocycles. The van der Waals surface area contributed by atoms with Crippen molar-refractivity contribution in [3.63, 3.8) is 0 Å². The monoisotopic (exact) mass is 285 g/mol. The Balaban J connectivity index is 2.66. The summed E-state index contributed by atoms with van der Waals surface area (Å²) >= 11 is 5.84. The highest BCUT2D eigenvalue weighted by Crippen LogP contribution is 2.28. The number of halogens is 3. The van der Waals surface area contributed by atoms with Gasteiger partial charge in [-0.2, -0.15) is 0 Å². The Morgan fingerprint density at radius 2 is 1.74 bits per heavy atom. The van der Waals surface area contributed by atoms with Gasteiger partial charge in [-0.15, -0.1) is 16.7 Å². The number of hydrogen-bond acceptors (Lipinski definition) is 2. The lowest BCUT2D eigenvalue weighted by Gasteiger charge is -2.20. The van der Waals surface area contributed by atoms with Crippen molar-refractivity contribution in [3.05, 3.63) is 41.2 Å². The molecular weight excluding hydrogens is 272 g/mol. The van der Waals surface area contributed by atoms with Crippen LogP contribution in [0.5, 0.6) is 0 Å². The summed E-state index contributed by atoms with van der Waals surface area (Å²) in [7, 11) is 0. The van der Waals surface area contributed by atoms with Crippen LogP contribution in [0.4, 0.5) is 8.78 Å². The third kappa shape index (κ3) is 2.76. The SMILES string of the molecule is CC(C)(C)c1c(CCl)nnn1-c1cc(F)cc(F)c1. The molecular formula is C13H14ClF2N3. The first-order valence-corrected chi connectivity index (χ1v) is 6.34. The molecule has 0 spiro atoms. The molecule has 0 radical (unpaired) electrons. The van der Waals surface area contributed by atoms with Crippen molar-refractivity contribution >= 4 is 11.6 Å². The predicted molar refractivity (Wildman–Crippen MR) is 69.5 cm³/mol. The smallest absolute Gasteiger partial charge is 0.128 e. The van der Waals surface area contributed by atoms with Crippen molar-refractivity contribution in [2.24, 2.45) is 0 Å². The zero-order chi connectivity index (χ0) is 14.2. The van der Waals surface area contributed by atoms with Crippen LogP contribution >= 0.6 is 11.6 Å². The lowest BCUT2D eigenvalue weighted by molar-refractivity contribution is 0.534. The Morgan fingerprint density at radius 3 is 2.21 bits per heavy atom. The number of nitrogens with zero attached hydrogens (tertiary/aromatic N) is 3. The minimum absolute atomic E-state index is 0.199. The van der Waals surface area contributed by atoms with Crippen LogP contribution in [-0.2, 0) is 11.3 Å². The second kappa shape index (κ2) is 4.89. The van der Waals surface area contributed by atoms with E-state index in [4.69, 9.17) is 11.6 Å². The summed E-state index contributed by atoms with van der Waals surface area (Å²) < 4.78 is 28.0. The first-order valence-electron chi connectivity index (χ1n) is 5.80. The number of alkyl halides is 1. The van der Waals surface area contributed by atoms with Crippen LogP contribution < -0.4 is 0 Å². The lowest BCUT2D eigenvalue weighted by Crippen LogP contribution is -2.19. The molecule has 0 bridgehead atoms. The molecule has 0 aliphatic carbocycles.